The molecule has 0 saturated carbocycles. The maximum Gasteiger partial charge on any atom is 0.410 e. The van der Waals surface area contributed by atoms with Crippen LogP contribution in [-0.4, -0.2) is 79.2 Å². The van der Waals surface area contributed by atoms with Gasteiger partial charge in [0.2, 0.25) is 0 Å². The van der Waals surface area contributed by atoms with E-state index < -0.39 is 5.60 Å². The van der Waals surface area contributed by atoms with Gasteiger partial charge in [0.05, 0.1) is 18.6 Å². The fraction of sp³-hybridized carbons (Fsp3) is 0.579. The van der Waals surface area contributed by atoms with Gasteiger partial charge < -0.3 is 24.2 Å². The van der Waals surface area contributed by atoms with E-state index in [4.69, 9.17) is 9.47 Å². The van der Waals surface area contributed by atoms with Gasteiger partial charge in [-0.15, -0.1) is 0 Å². The van der Waals surface area contributed by atoms with Gasteiger partial charge in [-0.05, 0) is 20.8 Å². The number of hydrogen-bond donors (Lipinski definition) is 0. The van der Waals surface area contributed by atoms with E-state index in [0.717, 1.165) is 0 Å². The number of aromatic nitrogens is 1. The Morgan fingerprint density at radius 1 is 1.46 bits per heavy atom. The van der Waals surface area contributed by atoms with Gasteiger partial charge in [-0.2, -0.15) is 5.26 Å². The van der Waals surface area contributed by atoms with E-state index in [1.807, 2.05) is 34.9 Å². The molecular formula is C19H26N6O3. The van der Waals surface area contributed by atoms with Crippen molar-refractivity contribution in [3.05, 3.63) is 11.8 Å². The molecule has 0 aliphatic carbocycles. The molecular weight excluding hydrogens is 360 g/mol. The van der Waals surface area contributed by atoms with Crippen LogP contribution in [0, 0.1) is 11.3 Å². The van der Waals surface area contributed by atoms with Crippen LogP contribution in [0.1, 0.15) is 26.3 Å². The summed E-state index contributed by atoms with van der Waals surface area (Å²) in [5.41, 5.74) is 0.313. The molecule has 0 aromatic carbocycles. The van der Waals surface area contributed by atoms with Gasteiger partial charge in [0.25, 0.3) is 0 Å². The van der Waals surface area contributed by atoms with E-state index in [-0.39, 0.29) is 12.1 Å². The SMILES string of the molecule is CN(C)C=Nc1cnc2c(c1C#N)OC[C@@H]1CN(C(=O)OC(C)(C)C)CCN21. The summed E-state index contributed by atoms with van der Waals surface area (Å²) in [4.78, 5) is 26.8. The highest BCUT2D eigenvalue weighted by atomic mass is 16.6. The first kappa shape index (κ1) is 19.7. The van der Waals surface area contributed by atoms with Gasteiger partial charge in [0, 0.05) is 33.7 Å². The van der Waals surface area contributed by atoms with Gasteiger partial charge in [-0.25, -0.2) is 14.8 Å². The summed E-state index contributed by atoms with van der Waals surface area (Å²) in [5.74, 6) is 1.08. The molecule has 0 bridgehead atoms. The third-order valence-corrected chi connectivity index (χ3v) is 4.36. The minimum atomic E-state index is -0.531. The van der Waals surface area contributed by atoms with Crippen LogP contribution in [0.15, 0.2) is 11.2 Å². The first-order valence-corrected chi connectivity index (χ1v) is 9.20. The summed E-state index contributed by atoms with van der Waals surface area (Å²) in [6.45, 7) is 7.52. The molecule has 3 heterocycles. The second-order valence-corrected chi connectivity index (χ2v) is 8.08. The predicted octanol–water partition coefficient (Wildman–Crippen LogP) is 1.99. The number of aliphatic imine (C=N–C) groups is 1. The topological polar surface area (TPSA) is 94.3 Å². The fourth-order valence-corrected chi connectivity index (χ4v) is 3.15. The van der Waals surface area contributed by atoms with Crippen molar-refractivity contribution in [3.63, 3.8) is 0 Å². The largest absolute Gasteiger partial charge is 0.486 e. The van der Waals surface area contributed by atoms with Crippen LogP contribution in [0.5, 0.6) is 5.75 Å². The van der Waals surface area contributed by atoms with E-state index in [2.05, 4.69) is 20.9 Å². The van der Waals surface area contributed by atoms with Gasteiger partial charge in [0.1, 0.15) is 29.5 Å². The van der Waals surface area contributed by atoms with E-state index >= 15 is 0 Å². The summed E-state index contributed by atoms with van der Waals surface area (Å²) in [6, 6.07) is 2.15. The Labute approximate surface area is 165 Å². The Kier molecular flexibility index (Phi) is 5.31. The molecule has 1 aromatic heterocycles. The van der Waals surface area contributed by atoms with Crippen LogP contribution in [0.3, 0.4) is 0 Å². The van der Waals surface area contributed by atoms with Crippen LogP contribution in [0.4, 0.5) is 16.3 Å². The van der Waals surface area contributed by atoms with Gasteiger partial charge in [-0.1, -0.05) is 0 Å². The first-order valence-electron chi connectivity index (χ1n) is 9.20. The maximum atomic E-state index is 12.4. The lowest BCUT2D eigenvalue weighted by atomic mass is 10.1. The molecule has 2 aliphatic rings. The summed E-state index contributed by atoms with van der Waals surface area (Å²) in [5, 5.41) is 9.63. The number of anilines is 1. The van der Waals surface area contributed by atoms with Crippen molar-refractivity contribution >= 4 is 23.9 Å². The molecule has 9 nitrogen and oxygen atoms in total. The van der Waals surface area contributed by atoms with Crippen molar-refractivity contribution in [3.8, 4) is 11.8 Å². The third kappa shape index (κ3) is 4.11. The van der Waals surface area contributed by atoms with Crippen LogP contribution >= 0.6 is 0 Å². The fourth-order valence-electron chi connectivity index (χ4n) is 3.15. The second kappa shape index (κ2) is 7.54. The van der Waals surface area contributed by atoms with Crippen molar-refractivity contribution in [2.24, 2.45) is 4.99 Å². The molecule has 0 N–H and O–H groups in total. The molecule has 1 amide bonds. The Balaban J connectivity index is 1.81. The smallest absolute Gasteiger partial charge is 0.410 e. The maximum absolute atomic E-state index is 12.4. The Morgan fingerprint density at radius 3 is 2.86 bits per heavy atom. The number of rotatable bonds is 2. The average Bonchev–Trinajstić information content (AvgIpc) is 2.63. The second-order valence-electron chi connectivity index (χ2n) is 8.08. The van der Waals surface area contributed by atoms with Crippen molar-refractivity contribution in [1.82, 2.24) is 14.8 Å². The van der Waals surface area contributed by atoms with Crippen molar-refractivity contribution < 1.29 is 14.3 Å². The van der Waals surface area contributed by atoms with Crippen LogP contribution < -0.4 is 9.64 Å². The molecule has 1 saturated heterocycles. The molecule has 3 rings (SSSR count). The highest BCUT2D eigenvalue weighted by molar-refractivity contribution is 5.74. The number of carbonyl (C=O) groups excluding carboxylic acids is 1. The Morgan fingerprint density at radius 2 is 2.21 bits per heavy atom. The van der Waals surface area contributed by atoms with Crippen molar-refractivity contribution in [1.29, 1.82) is 5.26 Å². The molecule has 9 heteroatoms. The number of pyridine rings is 1. The van der Waals surface area contributed by atoms with Gasteiger partial charge >= 0.3 is 6.09 Å². The molecule has 0 radical (unpaired) electrons. The zero-order valence-electron chi connectivity index (χ0n) is 17.0. The van der Waals surface area contributed by atoms with Crippen molar-refractivity contribution in [2.45, 2.75) is 32.4 Å². The number of fused-ring (bicyclic) bond motifs is 3. The van der Waals surface area contributed by atoms with Crippen LogP contribution in [-0.2, 0) is 4.74 Å². The number of nitrogens with zero attached hydrogens (tertiary/aromatic N) is 6. The number of carbonyl (C=O) groups is 1. The van der Waals surface area contributed by atoms with Crippen LogP contribution in [0.25, 0.3) is 0 Å². The van der Waals surface area contributed by atoms with Crippen LogP contribution in [0.2, 0.25) is 0 Å². The van der Waals surface area contributed by atoms with E-state index in [0.29, 0.717) is 49.1 Å². The number of piperazine rings is 1. The average molecular weight is 386 g/mol. The normalized spacial score (nSPS) is 18.8. The molecule has 0 spiro atoms. The lowest BCUT2D eigenvalue weighted by Gasteiger charge is -2.44. The Hall–Kier alpha value is -3.02. The summed E-state index contributed by atoms with van der Waals surface area (Å²) in [7, 11) is 3.71. The highest BCUT2D eigenvalue weighted by Crippen LogP contribution is 2.40. The summed E-state index contributed by atoms with van der Waals surface area (Å²) in [6.07, 6.45) is 2.88. The van der Waals surface area contributed by atoms with Gasteiger partial charge in [0.15, 0.2) is 11.6 Å². The highest BCUT2D eigenvalue weighted by Gasteiger charge is 2.38. The lowest BCUT2D eigenvalue weighted by Crippen LogP contribution is -2.59. The van der Waals surface area contributed by atoms with E-state index in [1.165, 1.54) is 0 Å². The molecule has 28 heavy (non-hydrogen) atoms. The van der Waals surface area contributed by atoms with Gasteiger partial charge in [-0.3, -0.25) is 0 Å². The predicted molar refractivity (Wildman–Crippen MR) is 105 cm³/mol. The van der Waals surface area contributed by atoms with Crippen molar-refractivity contribution in [2.75, 3.05) is 45.2 Å². The number of nitriles is 1. The first-order chi connectivity index (χ1) is 13.2. The van der Waals surface area contributed by atoms with E-state index in [9.17, 15) is 10.1 Å². The number of ether oxygens (including phenoxy) is 2. The Bertz CT molecular complexity index is 824. The molecule has 1 fully saturated rings. The monoisotopic (exact) mass is 386 g/mol. The molecule has 1 aromatic rings. The number of amides is 1. The number of hydrogen-bond acceptors (Lipinski definition) is 7. The minimum absolute atomic E-state index is 0.0380. The minimum Gasteiger partial charge on any atom is -0.486 e. The molecule has 1 atom stereocenters. The lowest BCUT2D eigenvalue weighted by molar-refractivity contribution is 0.0194. The zero-order chi connectivity index (χ0) is 20.5. The standard InChI is InChI=1S/C19H26N6O3/c1-19(2,3)28-18(26)24-6-7-25-13(10-24)11-27-16-14(8-20)15(9-21-17(16)25)22-12-23(4)5/h9,12-13H,6-7,10-11H2,1-5H3/t13-/m0/s1. The summed E-state index contributed by atoms with van der Waals surface area (Å²) < 4.78 is 11.4. The molecule has 0 unspecified atom stereocenters. The molecule has 150 valence electrons. The zero-order valence-corrected chi connectivity index (χ0v) is 17.0. The quantitative estimate of drug-likeness (QED) is 0.567. The van der Waals surface area contributed by atoms with E-state index in [1.54, 1.807) is 22.3 Å². The third-order valence-electron chi connectivity index (χ3n) is 4.36. The summed E-state index contributed by atoms with van der Waals surface area (Å²) >= 11 is 0. The molecule has 2 aliphatic heterocycles.